The standard InChI is InChI=1S/C15H21NO5/c1-20-9-8-15(6-2-3-7-15)14(19)16-10-11-4-5-12(21-11)13(17)18/h4-5H,2-3,6-10H2,1H3,(H,16,19)(H,17,18). The third-order valence-electron chi connectivity index (χ3n) is 4.12. The number of aromatic carboxylic acids is 1. The van der Waals surface area contributed by atoms with Crippen LogP contribution in [0.5, 0.6) is 0 Å². The molecule has 0 bridgehead atoms. The molecule has 0 radical (unpaired) electrons. The van der Waals surface area contributed by atoms with Gasteiger partial charge in [-0.1, -0.05) is 12.8 Å². The summed E-state index contributed by atoms with van der Waals surface area (Å²) in [5.74, 6) is -0.778. The third-order valence-corrected chi connectivity index (χ3v) is 4.12. The van der Waals surface area contributed by atoms with Crippen molar-refractivity contribution in [3.8, 4) is 0 Å². The number of carboxylic acid groups (broad SMARTS) is 1. The molecule has 2 rings (SSSR count). The molecule has 2 N–H and O–H groups in total. The number of nitrogens with one attached hydrogen (secondary N) is 1. The van der Waals surface area contributed by atoms with Gasteiger partial charge >= 0.3 is 5.97 Å². The molecule has 116 valence electrons. The quantitative estimate of drug-likeness (QED) is 0.805. The predicted molar refractivity (Wildman–Crippen MR) is 74.9 cm³/mol. The molecule has 1 aromatic rings. The molecule has 1 heterocycles. The maximum absolute atomic E-state index is 12.5. The van der Waals surface area contributed by atoms with Crippen LogP contribution in [-0.4, -0.2) is 30.7 Å². The van der Waals surface area contributed by atoms with Crippen LogP contribution >= 0.6 is 0 Å². The Morgan fingerprint density at radius 3 is 2.67 bits per heavy atom. The van der Waals surface area contributed by atoms with Crippen LogP contribution in [0.15, 0.2) is 16.5 Å². The minimum atomic E-state index is -1.11. The molecular formula is C15H21NO5. The Bertz CT molecular complexity index is 502. The molecule has 0 atom stereocenters. The van der Waals surface area contributed by atoms with Crippen LogP contribution in [0.25, 0.3) is 0 Å². The number of furan rings is 1. The van der Waals surface area contributed by atoms with Crippen molar-refractivity contribution >= 4 is 11.9 Å². The van der Waals surface area contributed by atoms with Crippen molar-refractivity contribution in [2.45, 2.75) is 38.6 Å². The molecule has 6 nitrogen and oxygen atoms in total. The SMILES string of the molecule is COCCC1(C(=O)NCc2ccc(C(=O)O)o2)CCCC1. The van der Waals surface area contributed by atoms with E-state index in [1.165, 1.54) is 6.07 Å². The molecule has 1 aliphatic rings. The molecule has 0 spiro atoms. The molecule has 0 aromatic carbocycles. The van der Waals surface area contributed by atoms with Gasteiger partial charge in [0, 0.05) is 13.7 Å². The van der Waals surface area contributed by atoms with Gasteiger partial charge in [-0.15, -0.1) is 0 Å². The highest BCUT2D eigenvalue weighted by molar-refractivity contribution is 5.84. The second kappa shape index (κ2) is 6.76. The Labute approximate surface area is 123 Å². The lowest BCUT2D eigenvalue weighted by Gasteiger charge is -2.27. The fraction of sp³-hybridized carbons (Fsp3) is 0.600. The maximum Gasteiger partial charge on any atom is 0.371 e. The zero-order valence-corrected chi connectivity index (χ0v) is 12.2. The number of amides is 1. The van der Waals surface area contributed by atoms with Gasteiger partial charge in [0.15, 0.2) is 0 Å². The lowest BCUT2D eigenvalue weighted by atomic mass is 9.82. The predicted octanol–water partition coefficient (Wildman–Crippen LogP) is 2.19. The number of rotatable bonds is 7. The maximum atomic E-state index is 12.5. The van der Waals surface area contributed by atoms with Crippen LogP contribution in [0.1, 0.15) is 48.4 Å². The topological polar surface area (TPSA) is 88.8 Å². The lowest BCUT2D eigenvalue weighted by molar-refractivity contribution is -0.132. The third kappa shape index (κ3) is 3.64. The largest absolute Gasteiger partial charge is 0.475 e. The molecule has 0 saturated heterocycles. The fourth-order valence-corrected chi connectivity index (χ4v) is 2.88. The van der Waals surface area contributed by atoms with E-state index in [4.69, 9.17) is 14.3 Å². The van der Waals surface area contributed by atoms with Gasteiger partial charge in [0.1, 0.15) is 5.76 Å². The second-order valence-electron chi connectivity index (χ2n) is 5.48. The van der Waals surface area contributed by atoms with Crippen molar-refractivity contribution in [3.05, 3.63) is 23.7 Å². The fourth-order valence-electron chi connectivity index (χ4n) is 2.88. The van der Waals surface area contributed by atoms with Gasteiger partial charge in [0.25, 0.3) is 0 Å². The molecule has 6 heteroatoms. The number of hydrogen-bond acceptors (Lipinski definition) is 4. The highest BCUT2D eigenvalue weighted by Gasteiger charge is 2.40. The van der Waals surface area contributed by atoms with E-state index in [0.29, 0.717) is 18.8 Å². The average molecular weight is 295 g/mol. The molecule has 0 unspecified atom stereocenters. The number of carbonyl (C=O) groups is 2. The van der Waals surface area contributed by atoms with Crippen LogP contribution in [-0.2, 0) is 16.1 Å². The first-order chi connectivity index (χ1) is 10.1. The van der Waals surface area contributed by atoms with Crippen molar-refractivity contribution in [1.82, 2.24) is 5.32 Å². The summed E-state index contributed by atoms with van der Waals surface area (Å²) in [6, 6.07) is 2.96. The summed E-state index contributed by atoms with van der Waals surface area (Å²) < 4.78 is 10.2. The summed E-state index contributed by atoms with van der Waals surface area (Å²) in [6.07, 6.45) is 4.58. The minimum Gasteiger partial charge on any atom is -0.475 e. The molecule has 1 aliphatic carbocycles. The van der Waals surface area contributed by atoms with Gasteiger partial charge in [-0.2, -0.15) is 0 Å². The van der Waals surface area contributed by atoms with Crippen molar-refractivity contribution in [2.75, 3.05) is 13.7 Å². The lowest BCUT2D eigenvalue weighted by Crippen LogP contribution is -2.39. The first-order valence-electron chi connectivity index (χ1n) is 7.17. The van der Waals surface area contributed by atoms with Crippen molar-refractivity contribution in [3.63, 3.8) is 0 Å². The Balaban J connectivity index is 1.94. The summed E-state index contributed by atoms with van der Waals surface area (Å²) in [6.45, 7) is 0.776. The van der Waals surface area contributed by atoms with Gasteiger partial charge in [0.2, 0.25) is 11.7 Å². The smallest absolute Gasteiger partial charge is 0.371 e. The van der Waals surface area contributed by atoms with E-state index >= 15 is 0 Å². The molecule has 1 saturated carbocycles. The molecule has 21 heavy (non-hydrogen) atoms. The monoisotopic (exact) mass is 295 g/mol. The number of carboxylic acids is 1. The van der Waals surface area contributed by atoms with Crippen LogP contribution in [0.2, 0.25) is 0 Å². The van der Waals surface area contributed by atoms with E-state index in [0.717, 1.165) is 25.7 Å². The number of hydrogen-bond donors (Lipinski definition) is 2. The van der Waals surface area contributed by atoms with E-state index in [1.807, 2.05) is 0 Å². The normalized spacial score (nSPS) is 16.8. The van der Waals surface area contributed by atoms with Gasteiger partial charge in [-0.05, 0) is 31.4 Å². The zero-order valence-electron chi connectivity index (χ0n) is 12.2. The van der Waals surface area contributed by atoms with E-state index in [9.17, 15) is 9.59 Å². The molecular weight excluding hydrogens is 274 g/mol. The average Bonchev–Trinajstić information content (AvgIpc) is 3.12. The molecule has 0 aliphatic heterocycles. The van der Waals surface area contributed by atoms with Gasteiger partial charge in [0.05, 0.1) is 12.0 Å². The highest BCUT2D eigenvalue weighted by Crippen LogP contribution is 2.41. The Morgan fingerprint density at radius 1 is 1.38 bits per heavy atom. The van der Waals surface area contributed by atoms with E-state index in [1.54, 1.807) is 13.2 Å². The first kappa shape index (κ1) is 15.6. The van der Waals surface area contributed by atoms with E-state index in [2.05, 4.69) is 5.32 Å². The summed E-state index contributed by atoms with van der Waals surface area (Å²) in [7, 11) is 1.64. The summed E-state index contributed by atoms with van der Waals surface area (Å²) in [5, 5.41) is 11.7. The minimum absolute atomic E-state index is 0.00493. The summed E-state index contributed by atoms with van der Waals surface area (Å²) >= 11 is 0. The van der Waals surface area contributed by atoms with Gasteiger partial charge < -0.3 is 19.6 Å². The summed E-state index contributed by atoms with van der Waals surface area (Å²) in [4.78, 5) is 23.2. The van der Waals surface area contributed by atoms with Crippen LogP contribution in [0.4, 0.5) is 0 Å². The number of ether oxygens (including phenoxy) is 1. The van der Waals surface area contributed by atoms with Crippen molar-refractivity contribution in [2.24, 2.45) is 5.41 Å². The van der Waals surface area contributed by atoms with Gasteiger partial charge in [-0.3, -0.25) is 4.79 Å². The Kier molecular flexibility index (Phi) is 5.01. The highest BCUT2D eigenvalue weighted by atomic mass is 16.5. The van der Waals surface area contributed by atoms with E-state index in [-0.39, 0.29) is 23.6 Å². The second-order valence-corrected chi connectivity index (χ2v) is 5.48. The van der Waals surface area contributed by atoms with E-state index < -0.39 is 5.97 Å². The molecule has 1 fully saturated rings. The first-order valence-corrected chi connectivity index (χ1v) is 7.17. The molecule has 1 amide bonds. The molecule has 1 aromatic heterocycles. The van der Waals surface area contributed by atoms with Crippen LogP contribution < -0.4 is 5.32 Å². The van der Waals surface area contributed by atoms with Gasteiger partial charge in [-0.25, -0.2) is 4.79 Å². The van der Waals surface area contributed by atoms with Crippen LogP contribution in [0, 0.1) is 5.41 Å². The number of carbonyl (C=O) groups excluding carboxylic acids is 1. The number of methoxy groups -OCH3 is 1. The van der Waals surface area contributed by atoms with Crippen molar-refractivity contribution in [1.29, 1.82) is 0 Å². The van der Waals surface area contributed by atoms with Crippen molar-refractivity contribution < 1.29 is 23.8 Å². The Hall–Kier alpha value is -1.82. The Morgan fingerprint density at radius 2 is 2.10 bits per heavy atom. The summed E-state index contributed by atoms with van der Waals surface area (Å²) in [5.41, 5.74) is -0.349. The van der Waals surface area contributed by atoms with Crippen LogP contribution in [0.3, 0.4) is 0 Å². The zero-order chi connectivity index (χ0) is 15.3.